The molecule has 10 heteroatoms. The van der Waals surface area contributed by atoms with Crippen molar-refractivity contribution in [2.24, 2.45) is 5.92 Å². The minimum atomic E-state index is -0.556. The van der Waals surface area contributed by atoms with Gasteiger partial charge in [0.25, 0.3) is 0 Å². The molecule has 3 heterocycles. The first-order valence-electron chi connectivity index (χ1n) is 15.6. The highest BCUT2D eigenvalue weighted by Crippen LogP contribution is 2.38. The third-order valence-electron chi connectivity index (χ3n) is 8.52. The van der Waals surface area contributed by atoms with E-state index < -0.39 is 11.7 Å². The predicted molar refractivity (Wildman–Crippen MR) is 167 cm³/mol. The van der Waals surface area contributed by atoms with Crippen molar-refractivity contribution < 1.29 is 23.4 Å². The van der Waals surface area contributed by atoms with E-state index in [1.54, 1.807) is 18.6 Å². The average molecular weight is 604 g/mol. The zero-order chi connectivity index (χ0) is 30.7. The number of ether oxygens (including phenoxy) is 3. The van der Waals surface area contributed by atoms with Gasteiger partial charge in [-0.2, -0.15) is 0 Å². The number of amides is 1. The van der Waals surface area contributed by atoms with E-state index in [1.165, 1.54) is 12.1 Å². The first-order valence-corrected chi connectivity index (χ1v) is 15.6. The van der Waals surface area contributed by atoms with E-state index in [0.717, 1.165) is 81.3 Å². The second kappa shape index (κ2) is 13.1. The monoisotopic (exact) mass is 603 g/mol. The number of fused-ring (bicyclic) bond motifs is 1. The zero-order valence-electron chi connectivity index (χ0n) is 25.9. The molecule has 234 valence electrons. The lowest BCUT2D eigenvalue weighted by molar-refractivity contribution is 0.0505. The minimum absolute atomic E-state index is 0.0560. The molecule has 0 saturated carbocycles. The van der Waals surface area contributed by atoms with Crippen molar-refractivity contribution in [2.45, 2.75) is 58.1 Å². The third kappa shape index (κ3) is 7.47. The molecular formula is C34H42FN5O4. The number of alkyl carbamates (subject to hydrolysis) is 1. The van der Waals surface area contributed by atoms with Crippen LogP contribution in [-0.4, -0.2) is 78.5 Å². The molecule has 2 aliphatic heterocycles. The molecule has 0 spiro atoms. The second-order valence-electron chi connectivity index (χ2n) is 13.0. The van der Waals surface area contributed by atoms with Crippen LogP contribution in [-0.2, 0) is 22.3 Å². The molecule has 6 rings (SSSR count). The van der Waals surface area contributed by atoms with Gasteiger partial charge in [-0.1, -0.05) is 18.2 Å². The second-order valence-corrected chi connectivity index (χ2v) is 13.0. The van der Waals surface area contributed by atoms with Gasteiger partial charge in [-0.15, -0.1) is 0 Å². The van der Waals surface area contributed by atoms with Crippen LogP contribution in [0.3, 0.4) is 0 Å². The topological polar surface area (TPSA) is 89.0 Å². The molecule has 0 bridgehead atoms. The Hall–Kier alpha value is -3.76. The Labute approximate surface area is 258 Å². The molecule has 44 heavy (non-hydrogen) atoms. The fourth-order valence-corrected chi connectivity index (χ4v) is 6.35. The van der Waals surface area contributed by atoms with Gasteiger partial charge in [-0.05, 0) is 87.3 Å². The maximum atomic E-state index is 14.6. The SMILES string of the molecule is CC(C)(C)OC(=O)NC1Cc2ccc(-c3cc(F)ccc3Oc3cncnc3N3CCN(CC4CCOCC4)CC3)cc2C1. The van der Waals surface area contributed by atoms with Crippen LogP contribution in [0.5, 0.6) is 11.5 Å². The Morgan fingerprint density at radius 3 is 2.57 bits per heavy atom. The van der Waals surface area contributed by atoms with Gasteiger partial charge in [-0.3, -0.25) is 4.90 Å². The van der Waals surface area contributed by atoms with E-state index in [-0.39, 0.29) is 11.9 Å². The molecule has 1 aliphatic carbocycles. The summed E-state index contributed by atoms with van der Waals surface area (Å²) in [6.07, 6.45) is 6.47. The lowest BCUT2D eigenvalue weighted by atomic mass is 9.99. The number of anilines is 1. The van der Waals surface area contributed by atoms with Gasteiger partial charge in [0.05, 0.1) is 6.20 Å². The summed E-state index contributed by atoms with van der Waals surface area (Å²) in [6, 6.07) is 10.6. The molecule has 1 unspecified atom stereocenters. The number of carbonyl (C=O) groups excluding carboxylic acids is 1. The zero-order valence-corrected chi connectivity index (χ0v) is 25.9. The number of nitrogens with one attached hydrogen (secondary N) is 1. The standard InChI is InChI=1S/C34H42FN5O4/c1-34(2,3)44-33(41)38-28-17-24-4-5-25(16-26(24)18-28)29-19-27(35)6-7-30(29)43-31-20-36-22-37-32(31)40-12-10-39(11-13-40)21-23-8-14-42-15-9-23/h4-7,16,19-20,22-23,28H,8-15,17-18,21H2,1-3H3,(H,38,41). The van der Waals surface area contributed by atoms with Gasteiger partial charge in [0.1, 0.15) is 23.5 Å². The summed E-state index contributed by atoms with van der Waals surface area (Å²) in [5, 5.41) is 2.98. The maximum absolute atomic E-state index is 14.6. The molecule has 1 aromatic heterocycles. The lowest BCUT2D eigenvalue weighted by Gasteiger charge is -2.38. The molecule has 2 saturated heterocycles. The van der Waals surface area contributed by atoms with Gasteiger partial charge < -0.3 is 24.4 Å². The van der Waals surface area contributed by atoms with Crippen LogP contribution in [0.1, 0.15) is 44.7 Å². The Kier molecular flexibility index (Phi) is 9.00. The first kappa shape index (κ1) is 30.3. The van der Waals surface area contributed by atoms with Crippen LogP contribution in [0.4, 0.5) is 15.0 Å². The molecule has 9 nitrogen and oxygen atoms in total. The summed E-state index contributed by atoms with van der Waals surface area (Å²) in [4.78, 5) is 26.0. The van der Waals surface area contributed by atoms with Crippen LogP contribution in [0.15, 0.2) is 48.9 Å². The molecule has 2 fully saturated rings. The van der Waals surface area contributed by atoms with Gasteiger partial charge in [-0.25, -0.2) is 19.2 Å². The fourth-order valence-electron chi connectivity index (χ4n) is 6.35. The van der Waals surface area contributed by atoms with Gasteiger partial charge in [0.2, 0.25) is 0 Å². The summed E-state index contributed by atoms with van der Waals surface area (Å²) < 4.78 is 32.0. The normalized spacial score (nSPS) is 19.5. The maximum Gasteiger partial charge on any atom is 0.407 e. The number of piperazine rings is 1. The van der Waals surface area contributed by atoms with Crippen molar-refractivity contribution in [2.75, 3.05) is 50.8 Å². The Morgan fingerprint density at radius 1 is 1.02 bits per heavy atom. The summed E-state index contributed by atoms with van der Waals surface area (Å²) in [7, 11) is 0. The molecule has 1 amide bonds. The number of hydrogen-bond donors (Lipinski definition) is 1. The first-order chi connectivity index (χ1) is 21.2. The highest BCUT2D eigenvalue weighted by atomic mass is 19.1. The smallest absolute Gasteiger partial charge is 0.407 e. The van der Waals surface area contributed by atoms with Crippen molar-refractivity contribution in [3.05, 3.63) is 65.9 Å². The van der Waals surface area contributed by atoms with Gasteiger partial charge >= 0.3 is 6.09 Å². The Bertz CT molecular complexity index is 1460. The van der Waals surface area contributed by atoms with Gasteiger partial charge in [0, 0.05) is 57.5 Å². The van der Waals surface area contributed by atoms with Crippen molar-refractivity contribution in [3.8, 4) is 22.6 Å². The number of nitrogens with zero attached hydrogens (tertiary/aromatic N) is 4. The number of carbonyl (C=O) groups is 1. The highest BCUT2D eigenvalue weighted by Gasteiger charge is 2.27. The Balaban J connectivity index is 1.15. The number of aromatic nitrogens is 2. The van der Waals surface area contributed by atoms with Crippen LogP contribution in [0.2, 0.25) is 0 Å². The van der Waals surface area contributed by atoms with Crippen LogP contribution in [0.25, 0.3) is 11.1 Å². The number of halogens is 1. The van der Waals surface area contributed by atoms with Crippen LogP contribution in [0, 0.1) is 11.7 Å². The summed E-state index contributed by atoms with van der Waals surface area (Å²) >= 11 is 0. The molecule has 3 aliphatic rings. The number of rotatable bonds is 7. The van der Waals surface area contributed by atoms with Crippen LogP contribution < -0.4 is 15.0 Å². The van der Waals surface area contributed by atoms with E-state index >= 15 is 0 Å². The average Bonchev–Trinajstić information content (AvgIpc) is 3.39. The van der Waals surface area contributed by atoms with E-state index in [0.29, 0.717) is 35.8 Å². The number of benzene rings is 2. The minimum Gasteiger partial charge on any atom is -0.451 e. The largest absolute Gasteiger partial charge is 0.451 e. The third-order valence-corrected chi connectivity index (χ3v) is 8.52. The quantitative estimate of drug-likeness (QED) is 0.373. The lowest BCUT2D eigenvalue weighted by Crippen LogP contribution is -2.48. The van der Waals surface area contributed by atoms with E-state index in [4.69, 9.17) is 14.2 Å². The van der Waals surface area contributed by atoms with Crippen molar-refractivity contribution >= 4 is 11.9 Å². The van der Waals surface area contributed by atoms with Crippen molar-refractivity contribution in [3.63, 3.8) is 0 Å². The molecule has 3 aromatic rings. The summed E-state index contributed by atoms with van der Waals surface area (Å²) in [5.41, 5.74) is 3.20. The predicted octanol–water partition coefficient (Wildman–Crippen LogP) is 5.62. The van der Waals surface area contributed by atoms with Crippen LogP contribution >= 0.6 is 0 Å². The van der Waals surface area contributed by atoms with E-state index in [1.807, 2.05) is 32.9 Å². The van der Waals surface area contributed by atoms with Gasteiger partial charge in [0.15, 0.2) is 11.6 Å². The molecular weight excluding hydrogens is 561 g/mol. The Morgan fingerprint density at radius 2 is 1.80 bits per heavy atom. The molecule has 1 N–H and O–H groups in total. The highest BCUT2D eigenvalue weighted by molar-refractivity contribution is 5.73. The number of hydrogen-bond acceptors (Lipinski definition) is 8. The van der Waals surface area contributed by atoms with E-state index in [2.05, 4.69) is 31.2 Å². The fraction of sp³-hybridized carbons (Fsp3) is 0.500. The van der Waals surface area contributed by atoms with Crippen molar-refractivity contribution in [1.29, 1.82) is 0 Å². The van der Waals surface area contributed by atoms with Crippen molar-refractivity contribution in [1.82, 2.24) is 20.2 Å². The molecule has 2 aromatic carbocycles. The summed E-state index contributed by atoms with van der Waals surface area (Å²) in [6.45, 7) is 12.0. The molecule has 1 atom stereocenters. The molecule has 0 radical (unpaired) electrons. The summed E-state index contributed by atoms with van der Waals surface area (Å²) in [5.74, 6) is 2.17. The van der Waals surface area contributed by atoms with E-state index in [9.17, 15) is 9.18 Å².